The molecule has 2 nitrogen and oxygen atoms in total. The molecule has 7 heavy (non-hydrogen) atoms. The summed E-state index contributed by atoms with van der Waals surface area (Å²) >= 11 is 6.19. The Morgan fingerprint density at radius 3 is 1.00 bits per heavy atom. The first-order valence-electron chi connectivity index (χ1n) is 0.894. The summed E-state index contributed by atoms with van der Waals surface area (Å²) < 4.78 is 0. The van der Waals surface area contributed by atoms with Gasteiger partial charge in [0, 0.05) is 48.9 Å². The van der Waals surface area contributed by atoms with E-state index in [2.05, 4.69) is 25.3 Å². The number of thiocyanates is 2. The second kappa shape index (κ2) is 26.8. The molecule has 0 amide bonds. The Kier molecular flexibility index (Phi) is 60.2. The van der Waals surface area contributed by atoms with Gasteiger partial charge in [-0.2, -0.15) is 10.5 Å². The fourth-order valence-corrected chi connectivity index (χ4v) is 0. The van der Waals surface area contributed by atoms with E-state index in [0.29, 0.717) is 0 Å². The summed E-state index contributed by atoms with van der Waals surface area (Å²) in [6.07, 6.45) is 0. The zero-order valence-corrected chi connectivity index (χ0v) is 9.73. The molecule has 0 bridgehead atoms. The predicted octanol–water partition coefficient (Wildman–Crippen LogP) is 0.414. The van der Waals surface area contributed by atoms with Crippen molar-refractivity contribution in [3.63, 3.8) is 0 Å². The second-order valence-electron chi connectivity index (χ2n) is 0.200. The maximum absolute atomic E-state index is 7.18. The Morgan fingerprint density at radius 1 is 1.00 bits per heavy atom. The molecule has 0 saturated heterocycles. The van der Waals surface area contributed by atoms with Crippen LogP contribution in [0, 0.1) is 21.3 Å². The minimum atomic E-state index is 0. The number of nitriles is 2. The molecule has 0 aromatic rings. The number of thiol groups is 2. The second-order valence-corrected chi connectivity index (χ2v) is 0.600. The minimum absolute atomic E-state index is 0. The van der Waals surface area contributed by atoms with Crippen LogP contribution in [-0.4, -0.2) is 48.9 Å². The van der Waals surface area contributed by atoms with Crippen LogP contribution >= 0.6 is 25.3 Å². The fraction of sp³-hybridized carbons (Fsp3) is 0. The van der Waals surface area contributed by atoms with Crippen LogP contribution in [0.15, 0.2) is 0 Å². The molecule has 0 atom stereocenters. The first-order chi connectivity index (χ1) is 2.83. The standard InChI is InChI=1S/2CHNS.Ba/c2*2-1-3;/h2*3H;. The van der Waals surface area contributed by atoms with Gasteiger partial charge in [0.1, 0.15) is 10.8 Å². The van der Waals surface area contributed by atoms with Crippen LogP contribution in [0.25, 0.3) is 0 Å². The van der Waals surface area contributed by atoms with E-state index >= 15 is 0 Å². The van der Waals surface area contributed by atoms with Crippen LogP contribution in [0.5, 0.6) is 0 Å². The van der Waals surface area contributed by atoms with Gasteiger partial charge in [-0.15, -0.1) is 0 Å². The summed E-state index contributed by atoms with van der Waals surface area (Å²) in [6, 6.07) is 0. The van der Waals surface area contributed by atoms with Crippen molar-refractivity contribution in [2.45, 2.75) is 0 Å². The van der Waals surface area contributed by atoms with E-state index in [9.17, 15) is 0 Å². The zero-order valence-electron chi connectivity index (χ0n) is 3.50. The van der Waals surface area contributed by atoms with Crippen molar-refractivity contribution in [2.75, 3.05) is 0 Å². The minimum Gasteiger partial charge on any atom is -0.185 e. The van der Waals surface area contributed by atoms with E-state index < -0.39 is 0 Å². The summed E-state index contributed by atoms with van der Waals surface area (Å²) in [5, 5.41) is 17.3. The fourth-order valence-electron chi connectivity index (χ4n) is 0. The quantitative estimate of drug-likeness (QED) is 0.374. The molecule has 0 aromatic heterocycles. The monoisotopic (exact) mass is 256 g/mol. The maximum Gasteiger partial charge on any atom is 0.130 e. The molecule has 0 aliphatic rings. The molecule has 2 radical (unpaired) electrons. The Balaban J connectivity index is -0.0000000400. The molecule has 0 N–H and O–H groups in total. The van der Waals surface area contributed by atoms with Crippen LogP contribution in [0.1, 0.15) is 0 Å². The van der Waals surface area contributed by atoms with E-state index in [0.717, 1.165) is 0 Å². The van der Waals surface area contributed by atoms with Crippen molar-refractivity contribution in [2.24, 2.45) is 0 Å². The largest absolute Gasteiger partial charge is 0.185 e. The molecular weight excluding hydrogens is 253 g/mol. The smallest absolute Gasteiger partial charge is 0.130 e. The molecular formula is C2H2BaN2S2. The number of hydrogen-bond acceptors (Lipinski definition) is 4. The third-order valence-corrected chi connectivity index (χ3v) is 0. The molecule has 0 aromatic carbocycles. The average molecular weight is 256 g/mol. The van der Waals surface area contributed by atoms with E-state index in [-0.39, 0.29) is 48.9 Å². The van der Waals surface area contributed by atoms with Crippen molar-refractivity contribution in [3.05, 3.63) is 0 Å². The summed E-state index contributed by atoms with van der Waals surface area (Å²) in [5.41, 5.74) is 0. The van der Waals surface area contributed by atoms with Gasteiger partial charge in [0.05, 0.1) is 0 Å². The SMILES string of the molecule is N#CS.N#CS.[Ba]. The Labute approximate surface area is 93.8 Å². The van der Waals surface area contributed by atoms with Gasteiger partial charge in [0.25, 0.3) is 0 Å². The molecule has 0 heterocycles. The van der Waals surface area contributed by atoms with E-state index in [1.165, 1.54) is 10.8 Å². The van der Waals surface area contributed by atoms with Crippen molar-refractivity contribution in [1.82, 2.24) is 0 Å². The van der Waals surface area contributed by atoms with Crippen molar-refractivity contribution in [3.8, 4) is 10.8 Å². The molecule has 0 aliphatic heterocycles. The van der Waals surface area contributed by atoms with Crippen LogP contribution in [0.4, 0.5) is 0 Å². The summed E-state index contributed by atoms with van der Waals surface area (Å²) in [5.74, 6) is 0. The topological polar surface area (TPSA) is 47.6 Å². The zero-order chi connectivity index (χ0) is 5.41. The summed E-state index contributed by atoms with van der Waals surface area (Å²) in [7, 11) is 0. The van der Waals surface area contributed by atoms with Gasteiger partial charge in [-0.25, -0.2) is 0 Å². The normalized spacial score (nSPS) is 2.29. The summed E-state index contributed by atoms with van der Waals surface area (Å²) in [6.45, 7) is 0. The van der Waals surface area contributed by atoms with E-state index in [1.807, 2.05) is 0 Å². The van der Waals surface area contributed by atoms with Gasteiger partial charge in [-0.3, -0.25) is 0 Å². The molecule has 0 rings (SSSR count). The van der Waals surface area contributed by atoms with Crippen molar-refractivity contribution < 1.29 is 0 Å². The number of hydrogen-bond donors (Lipinski definition) is 2. The molecule has 0 unspecified atom stereocenters. The van der Waals surface area contributed by atoms with Crippen LogP contribution in [0.2, 0.25) is 0 Å². The van der Waals surface area contributed by atoms with Crippen LogP contribution < -0.4 is 0 Å². The van der Waals surface area contributed by atoms with Gasteiger partial charge in [0.2, 0.25) is 0 Å². The van der Waals surface area contributed by atoms with Gasteiger partial charge in [-0.1, -0.05) is 25.3 Å². The Bertz CT molecular complexity index is 68.7. The molecule has 0 spiro atoms. The molecule has 0 saturated carbocycles. The molecule has 0 fully saturated rings. The van der Waals surface area contributed by atoms with Gasteiger partial charge >= 0.3 is 0 Å². The molecule has 34 valence electrons. The maximum atomic E-state index is 7.18. The first kappa shape index (κ1) is 15.7. The first-order valence-corrected chi connectivity index (χ1v) is 1.79. The summed E-state index contributed by atoms with van der Waals surface area (Å²) in [4.78, 5) is 0. The van der Waals surface area contributed by atoms with Crippen LogP contribution in [0.3, 0.4) is 0 Å². The number of nitrogens with zero attached hydrogens (tertiary/aromatic N) is 2. The predicted molar refractivity (Wildman–Crippen MR) is 35.0 cm³/mol. The average Bonchev–Trinajstić information content (AvgIpc) is 1.39. The van der Waals surface area contributed by atoms with E-state index in [1.54, 1.807) is 0 Å². The molecule has 5 heteroatoms. The van der Waals surface area contributed by atoms with E-state index in [4.69, 9.17) is 10.5 Å². The Morgan fingerprint density at radius 2 is 1.00 bits per heavy atom. The number of rotatable bonds is 0. The van der Waals surface area contributed by atoms with Gasteiger partial charge < -0.3 is 0 Å². The third kappa shape index (κ3) is 128. The van der Waals surface area contributed by atoms with Crippen molar-refractivity contribution >= 4 is 74.1 Å². The molecule has 0 aliphatic carbocycles. The Hall–Kier alpha value is 1.25. The van der Waals surface area contributed by atoms with Gasteiger partial charge in [-0.05, 0) is 0 Å². The van der Waals surface area contributed by atoms with Crippen LogP contribution in [-0.2, 0) is 0 Å². The van der Waals surface area contributed by atoms with Gasteiger partial charge in [0.15, 0.2) is 0 Å². The third-order valence-electron chi connectivity index (χ3n) is 0. The van der Waals surface area contributed by atoms with Crippen molar-refractivity contribution in [1.29, 1.82) is 10.5 Å².